The molecular formula is C17H15ClFI. The molecule has 3 rings (SSSR count). The Morgan fingerprint density at radius 1 is 1.00 bits per heavy atom. The number of rotatable bonds is 2. The largest absolute Gasteiger partial charge is 0.207 e. The summed E-state index contributed by atoms with van der Waals surface area (Å²) in [6.07, 6.45) is 4.87. The number of benzene rings is 2. The first-order chi connectivity index (χ1) is 9.65. The van der Waals surface area contributed by atoms with Crippen molar-refractivity contribution in [2.45, 2.75) is 31.1 Å². The van der Waals surface area contributed by atoms with E-state index in [1.54, 1.807) is 6.07 Å². The van der Waals surface area contributed by atoms with Gasteiger partial charge in [-0.2, -0.15) is 0 Å². The number of halogens is 3. The van der Waals surface area contributed by atoms with Gasteiger partial charge >= 0.3 is 0 Å². The van der Waals surface area contributed by atoms with Crippen LogP contribution in [0.15, 0.2) is 36.4 Å². The Balaban J connectivity index is 1.95. The van der Waals surface area contributed by atoms with E-state index < -0.39 is 0 Å². The summed E-state index contributed by atoms with van der Waals surface area (Å²) in [6, 6.07) is 11.3. The van der Waals surface area contributed by atoms with E-state index in [0.717, 1.165) is 21.1 Å². The molecule has 2 aromatic carbocycles. The van der Waals surface area contributed by atoms with Crippen molar-refractivity contribution in [2.75, 3.05) is 0 Å². The Bertz CT molecular complexity index is 639. The van der Waals surface area contributed by atoms with Gasteiger partial charge in [0.15, 0.2) is 0 Å². The van der Waals surface area contributed by atoms with Crippen molar-refractivity contribution in [1.82, 2.24) is 0 Å². The lowest BCUT2D eigenvalue weighted by Gasteiger charge is -2.19. The minimum atomic E-state index is -0.215. The highest BCUT2D eigenvalue weighted by atomic mass is 127. The van der Waals surface area contributed by atoms with E-state index in [0.29, 0.717) is 0 Å². The summed E-state index contributed by atoms with van der Waals surface area (Å²) in [5, 5.41) is -0.213. The fourth-order valence-corrected chi connectivity index (χ4v) is 4.10. The highest BCUT2D eigenvalue weighted by Crippen LogP contribution is 2.34. The Labute approximate surface area is 137 Å². The van der Waals surface area contributed by atoms with Crippen LogP contribution in [0, 0.1) is 9.39 Å². The Hall–Kier alpha value is -0.610. The molecule has 0 aliphatic heterocycles. The van der Waals surface area contributed by atoms with E-state index in [-0.39, 0.29) is 11.2 Å². The summed E-state index contributed by atoms with van der Waals surface area (Å²) in [7, 11) is 0. The number of hydrogen-bond donors (Lipinski definition) is 0. The molecule has 1 aliphatic rings. The van der Waals surface area contributed by atoms with Crippen LogP contribution >= 0.6 is 34.2 Å². The second-order valence-corrected chi connectivity index (χ2v) is 6.86. The van der Waals surface area contributed by atoms with E-state index in [9.17, 15) is 4.39 Å². The Morgan fingerprint density at radius 3 is 2.50 bits per heavy atom. The van der Waals surface area contributed by atoms with Crippen LogP contribution in [0.1, 0.15) is 40.5 Å². The maximum absolute atomic E-state index is 13.2. The smallest absolute Gasteiger partial charge is 0.124 e. The topological polar surface area (TPSA) is 0 Å². The normalized spacial score (nSPS) is 15.8. The second-order valence-electron chi connectivity index (χ2n) is 5.26. The first kappa shape index (κ1) is 14.3. The number of aryl methyl sites for hydroxylation is 2. The molecule has 0 nitrogen and oxygen atoms in total. The molecule has 0 radical (unpaired) electrons. The lowest BCUT2D eigenvalue weighted by molar-refractivity contribution is 0.626. The first-order valence-corrected chi connectivity index (χ1v) is 8.37. The van der Waals surface area contributed by atoms with Crippen molar-refractivity contribution >= 4 is 34.2 Å². The Kier molecular flexibility index (Phi) is 4.32. The van der Waals surface area contributed by atoms with Gasteiger partial charge in [0.2, 0.25) is 0 Å². The van der Waals surface area contributed by atoms with Crippen molar-refractivity contribution in [3.63, 3.8) is 0 Å². The summed E-state index contributed by atoms with van der Waals surface area (Å²) in [4.78, 5) is 0. The number of alkyl halides is 1. The van der Waals surface area contributed by atoms with Gasteiger partial charge in [-0.3, -0.25) is 0 Å². The standard InChI is InChI=1S/C17H15ClFI/c18-17(15-8-7-14(19)10-16(15)20)13-6-5-11-3-1-2-4-12(11)9-13/h5-10,17H,1-4H2. The zero-order chi connectivity index (χ0) is 14.1. The van der Waals surface area contributed by atoms with Gasteiger partial charge in [0, 0.05) is 3.57 Å². The van der Waals surface area contributed by atoms with Crippen molar-refractivity contribution < 1.29 is 4.39 Å². The molecule has 1 aliphatic carbocycles. The number of hydrogen-bond acceptors (Lipinski definition) is 0. The zero-order valence-corrected chi connectivity index (χ0v) is 13.9. The predicted molar refractivity (Wildman–Crippen MR) is 89.9 cm³/mol. The van der Waals surface area contributed by atoms with Gasteiger partial charge in [-0.15, -0.1) is 11.6 Å². The molecule has 0 aromatic heterocycles. The predicted octanol–water partition coefficient (Wildman–Crippen LogP) is 5.64. The summed E-state index contributed by atoms with van der Waals surface area (Å²) in [5.41, 5.74) is 4.97. The molecule has 1 atom stereocenters. The van der Waals surface area contributed by atoms with Gasteiger partial charge in [-0.25, -0.2) is 4.39 Å². The third-order valence-corrected chi connectivity index (χ3v) is 5.32. The molecule has 0 heterocycles. The van der Waals surface area contributed by atoms with Crippen molar-refractivity contribution in [3.8, 4) is 0 Å². The third-order valence-electron chi connectivity index (χ3n) is 3.90. The average molecular weight is 401 g/mol. The molecule has 2 aromatic rings. The van der Waals surface area contributed by atoms with Crippen molar-refractivity contribution in [2.24, 2.45) is 0 Å². The monoisotopic (exact) mass is 400 g/mol. The summed E-state index contributed by atoms with van der Waals surface area (Å²) in [6.45, 7) is 0. The van der Waals surface area contributed by atoms with E-state index in [1.807, 2.05) is 0 Å². The van der Waals surface area contributed by atoms with Crippen LogP contribution in [-0.2, 0) is 12.8 Å². The quantitative estimate of drug-likeness (QED) is 0.452. The zero-order valence-electron chi connectivity index (χ0n) is 11.0. The van der Waals surface area contributed by atoms with Crippen molar-refractivity contribution in [3.05, 3.63) is 68.0 Å². The van der Waals surface area contributed by atoms with Crippen LogP contribution in [0.25, 0.3) is 0 Å². The molecule has 20 heavy (non-hydrogen) atoms. The molecule has 3 heteroatoms. The van der Waals surface area contributed by atoms with Crippen LogP contribution in [0.5, 0.6) is 0 Å². The van der Waals surface area contributed by atoms with Crippen LogP contribution in [0.2, 0.25) is 0 Å². The van der Waals surface area contributed by atoms with Gasteiger partial charge in [-0.05, 0) is 82.7 Å². The van der Waals surface area contributed by atoms with E-state index in [1.165, 1.54) is 42.5 Å². The number of fused-ring (bicyclic) bond motifs is 1. The molecule has 0 amide bonds. The van der Waals surface area contributed by atoms with Crippen LogP contribution in [0.3, 0.4) is 0 Å². The fraction of sp³-hybridized carbons (Fsp3) is 0.294. The maximum Gasteiger partial charge on any atom is 0.124 e. The highest BCUT2D eigenvalue weighted by Gasteiger charge is 2.17. The summed E-state index contributed by atoms with van der Waals surface area (Å²) >= 11 is 8.75. The van der Waals surface area contributed by atoms with Gasteiger partial charge in [-0.1, -0.05) is 24.3 Å². The first-order valence-electron chi connectivity index (χ1n) is 6.86. The molecule has 0 saturated carbocycles. The van der Waals surface area contributed by atoms with E-state index in [2.05, 4.69) is 40.8 Å². The van der Waals surface area contributed by atoms with Crippen LogP contribution < -0.4 is 0 Å². The van der Waals surface area contributed by atoms with Gasteiger partial charge in [0.05, 0.1) is 5.38 Å². The van der Waals surface area contributed by atoms with Crippen LogP contribution in [-0.4, -0.2) is 0 Å². The molecule has 1 unspecified atom stereocenters. The lowest BCUT2D eigenvalue weighted by Crippen LogP contribution is -2.05. The molecule has 0 saturated heterocycles. The van der Waals surface area contributed by atoms with Gasteiger partial charge in [0.25, 0.3) is 0 Å². The molecule has 104 valence electrons. The minimum absolute atomic E-state index is 0.213. The summed E-state index contributed by atoms with van der Waals surface area (Å²) in [5.74, 6) is -0.215. The molecule has 0 fully saturated rings. The second kappa shape index (κ2) is 6.02. The molecule has 0 spiro atoms. The molecule has 0 N–H and O–H groups in total. The van der Waals surface area contributed by atoms with Gasteiger partial charge in [0.1, 0.15) is 5.82 Å². The molecule has 0 bridgehead atoms. The highest BCUT2D eigenvalue weighted by molar-refractivity contribution is 14.1. The Morgan fingerprint density at radius 2 is 1.75 bits per heavy atom. The lowest BCUT2D eigenvalue weighted by atomic mass is 9.89. The SMILES string of the molecule is Fc1ccc(C(Cl)c2ccc3c(c2)CCCC3)c(I)c1. The third kappa shape index (κ3) is 2.86. The van der Waals surface area contributed by atoms with Gasteiger partial charge < -0.3 is 0 Å². The summed E-state index contributed by atoms with van der Waals surface area (Å²) < 4.78 is 14.1. The van der Waals surface area contributed by atoms with E-state index >= 15 is 0 Å². The average Bonchev–Trinajstić information content (AvgIpc) is 2.46. The molecular weight excluding hydrogens is 386 g/mol. The fourth-order valence-electron chi connectivity index (χ4n) is 2.80. The minimum Gasteiger partial charge on any atom is -0.207 e. The van der Waals surface area contributed by atoms with Crippen LogP contribution in [0.4, 0.5) is 4.39 Å². The van der Waals surface area contributed by atoms with Crippen molar-refractivity contribution in [1.29, 1.82) is 0 Å². The van der Waals surface area contributed by atoms with E-state index in [4.69, 9.17) is 11.6 Å². The maximum atomic E-state index is 13.2.